The van der Waals surface area contributed by atoms with E-state index >= 15 is 0 Å². The first kappa shape index (κ1) is 15.6. The Morgan fingerprint density at radius 3 is 2.23 bits per heavy atom. The molecule has 120 valence electrons. The van der Waals surface area contributed by atoms with Crippen LogP contribution in [0.3, 0.4) is 0 Å². The lowest BCUT2D eigenvalue weighted by Gasteiger charge is -2.32. The van der Waals surface area contributed by atoms with E-state index in [1.807, 2.05) is 25.2 Å². The Morgan fingerprint density at radius 2 is 1.73 bits per heavy atom. The fourth-order valence-electron chi connectivity index (χ4n) is 2.45. The third-order valence-electron chi connectivity index (χ3n) is 4.72. The molecule has 1 saturated carbocycles. The van der Waals surface area contributed by atoms with Gasteiger partial charge < -0.3 is 18.9 Å². The Kier molecular flexibility index (Phi) is 3.65. The number of hydrogen-bond acceptors (Lipinski definition) is 5. The summed E-state index contributed by atoms with van der Waals surface area (Å²) in [5.41, 5.74) is 1.16. The number of hydrogen-bond donors (Lipinski definition) is 0. The molecule has 0 N–H and O–H groups in total. The highest BCUT2D eigenvalue weighted by molar-refractivity contribution is 6.65. The van der Waals surface area contributed by atoms with E-state index in [0.29, 0.717) is 6.10 Å². The first-order chi connectivity index (χ1) is 10.2. The summed E-state index contributed by atoms with van der Waals surface area (Å²) in [6, 6.07) is 0. The fourth-order valence-corrected chi connectivity index (χ4v) is 2.45. The molecule has 2 fully saturated rings. The zero-order valence-electron chi connectivity index (χ0n) is 14.3. The SMILES string of the molecule is CN(C)c1cncc(OC2CC2)c1B1OC(C)(C)C(C)(C)O1. The molecule has 1 aliphatic carbocycles. The smallest absolute Gasteiger partial charge is 0.489 e. The van der Waals surface area contributed by atoms with Gasteiger partial charge >= 0.3 is 7.12 Å². The lowest BCUT2D eigenvalue weighted by atomic mass is 9.77. The van der Waals surface area contributed by atoms with Crippen LogP contribution >= 0.6 is 0 Å². The molecule has 1 aromatic rings. The second kappa shape index (κ2) is 5.13. The number of aromatic nitrogens is 1. The van der Waals surface area contributed by atoms with Crippen molar-refractivity contribution in [1.29, 1.82) is 0 Å². The summed E-state index contributed by atoms with van der Waals surface area (Å²) < 4.78 is 18.5. The summed E-state index contributed by atoms with van der Waals surface area (Å²) in [6.07, 6.45) is 6.12. The molecular weight excluding hydrogens is 279 g/mol. The highest BCUT2D eigenvalue weighted by Gasteiger charge is 2.53. The molecule has 0 spiro atoms. The van der Waals surface area contributed by atoms with Crippen LogP contribution in [-0.4, -0.2) is 43.5 Å². The van der Waals surface area contributed by atoms with Gasteiger partial charge in [-0.1, -0.05) is 0 Å². The topological polar surface area (TPSA) is 43.8 Å². The monoisotopic (exact) mass is 304 g/mol. The molecule has 0 unspecified atom stereocenters. The number of anilines is 1. The van der Waals surface area contributed by atoms with Crippen LogP contribution in [-0.2, 0) is 9.31 Å². The third kappa shape index (κ3) is 2.70. The van der Waals surface area contributed by atoms with E-state index in [9.17, 15) is 0 Å². The average Bonchev–Trinajstić information content (AvgIpc) is 3.17. The summed E-state index contributed by atoms with van der Waals surface area (Å²) in [6.45, 7) is 8.24. The zero-order valence-corrected chi connectivity index (χ0v) is 14.3. The predicted octanol–water partition coefficient (Wildman–Crippen LogP) is 1.99. The van der Waals surface area contributed by atoms with Gasteiger partial charge in [0.1, 0.15) is 5.75 Å². The molecule has 0 radical (unpaired) electrons. The lowest BCUT2D eigenvalue weighted by Crippen LogP contribution is -2.41. The minimum atomic E-state index is -0.445. The van der Waals surface area contributed by atoms with Gasteiger partial charge in [-0.25, -0.2) is 0 Å². The van der Waals surface area contributed by atoms with Gasteiger partial charge in [-0.2, -0.15) is 0 Å². The van der Waals surface area contributed by atoms with E-state index in [4.69, 9.17) is 14.0 Å². The average molecular weight is 304 g/mol. The summed E-state index contributed by atoms with van der Waals surface area (Å²) in [5, 5.41) is 0. The van der Waals surface area contributed by atoms with Gasteiger partial charge in [-0.05, 0) is 40.5 Å². The Balaban J connectivity index is 2.01. The maximum atomic E-state index is 6.23. The standard InChI is InChI=1S/C16H25BN2O3/c1-15(2)16(3,4)22-17(21-15)14-12(19(5)6)9-18-10-13(14)20-11-7-8-11/h9-11H,7-8H2,1-6H3. The highest BCUT2D eigenvalue weighted by Crippen LogP contribution is 2.38. The van der Waals surface area contributed by atoms with Crippen molar-refractivity contribution in [3.05, 3.63) is 12.4 Å². The van der Waals surface area contributed by atoms with Crippen molar-refractivity contribution in [3.8, 4) is 5.75 Å². The van der Waals surface area contributed by atoms with Crippen LogP contribution in [0.2, 0.25) is 0 Å². The van der Waals surface area contributed by atoms with Gasteiger partial charge in [-0.3, -0.25) is 4.98 Å². The number of rotatable bonds is 4. The molecule has 0 bridgehead atoms. The van der Waals surface area contributed by atoms with E-state index in [1.54, 1.807) is 6.20 Å². The van der Waals surface area contributed by atoms with E-state index in [-0.39, 0.29) is 11.2 Å². The van der Waals surface area contributed by atoms with E-state index in [2.05, 4.69) is 32.7 Å². The molecule has 6 heteroatoms. The Morgan fingerprint density at radius 1 is 1.14 bits per heavy atom. The van der Waals surface area contributed by atoms with E-state index < -0.39 is 7.12 Å². The van der Waals surface area contributed by atoms with Crippen molar-refractivity contribution >= 4 is 18.3 Å². The van der Waals surface area contributed by atoms with Crippen molar-refractivity contribution in [2.24, 2.45) is 0 Å². The van der Waals surface area contributed by atoms with Crippen LogP contribution in [0.25, 0.3) is 0 Å². The molecule has 1 aromatic heterocycles. The minimum Gasteiger partial charge on any atom is -0.489 e. The molecular formula is C16H25BN2O3. The molecule has 5 nitrogen and oxygen atoms in total. The molecule has 3 rings (SSSR count). The van der Waals surface area contributed by atoms with Gasteiger partial charge in [0.05, 0.1) is 40.8 Å². The zero-order chi connectivity index (χ0) is 16.1. The Bertz CT molecular complexity index is 555. The number of ether oxygens (including phenoxy) is 1. The summed E-state index contributed by atoms with van der Waals surface area (Å²) in [5.74, 6) is 0.771. The molecule has 0 aromatic carbocycles. The fraction of sp³-hybridized carbons (Fsp3) is 0.688. The maximum absolute atomic E-state index is 6.23. The van der Waals surface area contributed by atoms with Gasteiger partial charge in [0.25, 0.3) is 0 Å². The molecule has 2 aliphatic rings. The van der Waals surface area contributed by atoms with Crippen molar-refractivity contribution in [1.82, 2.24) is 4.98 Å². The van der Waals surface area contributed by atoms with Crippen LogP contribution in [0.1, 0.15) is 40.5 Å². The van der Waals surface area contributed by atoms with Gasteiger partial charge in [0.15, 0.2) is 0 Å². The van der Waals surface area contributed by atoms with Crippen LogP contribution in [0.5, 0.6) is 5.75 Å². The van der Waals surface area contributed by atoms with Crippen molar-refractivity contribution in [3.63, 3.8) is 0 Å². The lowest BCUT2D eigenvalue weighted by molar-refractivity contribution is 0.00578. The predicted molar refractivity (Wildman–Crippen MR) is 87.9 cm³/mol. The Hall–Kier alpha value is -1.27. The highest BCUT2D eigenvalue weighted by atomic mass is 16.7. The molecule has 1 saturated heterocycles. The number of pyridine rings is 1. The molecule has 22 heavy (non-hydrogen) atoms. The van der Waals surface area contributed by atoms with Crippen molar-refractivity contribution in [2.75, 3.05) is 19.0 Å². The van der Waals surface area contributed by atoms with Crippen molar-refractivity contribution in [2.45, 2.75) is 57.8 Å². The maximum Gasteiger partial charge on any atom is 0.500 e. The summed E-state index contributed by atoms with van der Waals surface area (Å²) in [7, 11) is 3.54. The third-order valence-corrected chi connectivity index (χ3v) is 4.72. The van der Waals surface area contributed by atoms with Crippen LogP contribution in [0, 0.1) is 0 Å². The van der Waals surface area contributed by atoms with E-state index in [0.717, 1.165) is 29.7 Å². The Labute approximate surface area is 133 Å². The second-order valence-corrected chi connectivity index (χ2v) is 7.37. The van der Waals surface area contributed by atoms with Crippen molar-refractivity contribution < 1.29 is 14.0 Å². The first-order valence-electron chi connectivity index (χ1n) is 7.89. The molecule has 0 atom stereocenters. The van der Waals surface area contributed by atoms with Crippen LogP contribution in [0.15, 0.2) is 12.4 Å². The molecule has 2 heterocycles. The quantitative estimate of drug-likeness (QED) is 0.796. The second-order valence-electron chi connectivity index (χ2n) is 7.37. The normalized spacial score (nSPS) is 22.7. The molecule has 0 amide bonds. The van der Waals surface area contributed by atoms with Gasteiger partial charge in [-0.15, -0.1) is 0 Å². The number of nitrogens with zero attached hydrogens (tertiary/aromatic N) is 2. The largest absolute Gasteiger partial charge is 0.500 e. The van der Waals surface area contributed by atoms with Crippen LogP contribution < -0.4 is 15.1 Å². The van der Waals surface area contributed by atoms with Gasteiger partial charge in [0, 0.05) is 14.1 Å². The van der Waals surface area contributed by atoms with Crippen LogP contribution in [0.4, 0.5) is 5.69 Å². The summed E-state index contributed by atoms with van der Waals surface area (Å²) in [4.78, 5) is 6.33. The molecule has 1 aliphatic heterocycles. The summed E-state index contributed by atoms with van der Waals surface area (Å²) >= 11 is 0. The van der Waals surface area contributed by atoms with Gasteiger partial charge in [0.2, 0.25) is 0 Å². The first-order valence-corrected chi connectivity index (χ1v) is 7.89. The van der Waals surface area contributed by atoms with E-state index in [1.165, 1.54) is 0 Å². The minimum absolute atomic E-state index is 0.306.